The van der Waals surface area contributed by atoms with Crippen LogP contribution in [-0.2, 0) is 9.53 Å². The predicted octanol–water partition coefficient (Wildman–Crippen LogP) is 13.2. The van der Waals surface area contributed by atoms with Gasteiger partial charge in [0, 0.05) is 13.5 Å². The smallest absolute Gasteiger partial charge is 0.164 e. The summed E-state index contributed by atoms with van der Waals surface area (Å²) in [6, 6.07) is 0. The zero-order valence-corrected chi connectivity index (χ0v) is 30.7. The lowest BCUT2D eigenvalue weighted by molar-refractivity contribution is -0.137. The highest BCUT2D eigenvalue weighted by molar-refractivity contribution is 5.86. The molecule has 2 heteroatoms. The normalized spacial score (nSPS) is 15.0. The molecular formula is C41H72O2. The van der Waals surface area contributed by atoms with Gasteiger partial charge in [-0.2, -0.15) is 0 Å². The zero-order valence-electron chi connectivity index (χ0n) is 30.7. The van der Waals surface area contributed by atoms with Gasteiger partial charge >= 0.3 is 0 Å². The highest BCUT2D eigenvalue weighted by atomic mass is 16.5. The van der Waals surface area contributed by atoms with Crippen LogP contribution in [0.5, 0.6) is 0 Å². The average Bonchev–Trinajstić information content (AvgIpc) is 2.93. The van der Waals surface area contributed by atoms with Gasteiger partial charge in [-0.15, -0.1) is 0 Å². The first-order valence-corrected chi connectivity index (χ1v) is 17.6. The van der Waals surface area contributed by atoms with E-state index in [-0.39, 0.29) is 5.78 Å². The Bertz CT molecular complexity index is 904. The summed E-state index contributed by atoms with van der Waals surface area (Å²) in [4.78, 5) is 12.2. The van der Waals surface area contributed by atoms with Gasteiger partial charge in [0.2, 0.25) is 0 Å². The lowest BCUT2D eigenvalue weighted by Gasteiger charge is -2.21. The molecule has 0 N–H and O–H groups in total. The van der Waals surface area contributed by atoms with E-state index in [0.717, 1.165) is 24.7 Å². The van der Waals surface area contributed by atoms with Crippen LogP contribution >= 0.6 is 0 Å². The van der Waals surface area contributed by atoms with E-state index in [1.807, 2.05) is 13.8 Å². The average molecular weight is 597 g/mol. The Morgan fingerprint density at radius 1 is 0.558 bits per heavy atom. The number of ketones is 1. The fourth-order valence-corrected chi connectivity index (χ4v) is 5.31. The fourth-order valence-electron chi connectivity index (χ4n) is 5.31. The maximum atomic E-state index is 12.2. The molecule has 0 aromatic carbocycles. The number of carbonyl (C=O) groups excluding carboxylic acids is 1. The van der Waals surface area contributed by atoms with E-state index in [0.29, 0.717) is 6.42 Å². The predicted molar refractivity (Wildman–Crippen MR) is 193 cm³/mol. The van der Waals surface area contributed by atoms with Gasteiger partial charge in [0.05, 0.1) is 0 Å². The second kappa shape index (κ2) is 24.6. The van der Waals surface area contributed by atoms with Gasteiger partial charge in [0.15, 0.2) is 5.78 Å². The highest BCUT2D eigenvalue weighted by Gasteiger charge is 2.25. The Labute approximate surface area is 269 Å². The summed E-state index contributed by atoms with van der Waals surface area (Å²) < 4.78 is 5.30. The third kappa shape index (κ3) is 24.3. The molecule has 0 bridgehead atoms. The van der Waals surface area contributed by atoms with Crippen LogP contribution < -0.4 is 0 Å². The number of hydrogen-bond donors (Lipinski definition) is 0. The molecular weight excluding hydrogens is 524 g/mol. The Morgan fingerprint density at radius 2 is 1.00 bits per heavy atom. The molecule has 0 aromatic rings. The second-order valence-electron chi connectivity index (χ2n) is 14.4. The van der Waals surface area contributed by atoms with Crippen LogP contribution in [0.25, 0.3) is 0 Å². The Morgan fingerprint density at radius 3 is 1.51 bits per heavy atom. The van der Waals surface area contributed by atoms with E-state index in [1.54, 1.807) is 23.8 Å². The zero-order chi connectivity index (χ0) is 32.7. The molecule has 0 radical (unpaired) electrons. The molecule has 0 aliphatic carbocycles. The van der Waals surface area contributed by atoms with Crippen LogP contribution in [0.2, 0.25) is 0 Å². The van der Waals surface area contributed by atoms with Gasteiger partial charge in [-0.3, -0.25) is 4.79 Å². The number of hydrogen-bond acceptors (Lipinski definition) is 2. The quantitative estimate of drug-likeness (QED) is 0.0774. The maximum Gasteiger partial charge on any atom is 0.164 e. The molecule has 0 aliphatic rings. The molecule has 2 atom stereocenters. The lowest BCUT2D eigenvalue weighted by Crippen LogP contribution is -2.33. The molecule has 0 heterocycles. The van der Waals surface area contributed by atoms with Crippen molar-refractivity contribution in [1.29, 1.82) is 0 Å². The van der Waals surface area contributed by atoms with Crippen molar-refractivity contribution in [3.05, 3.63) is 58.2 Å². The Balaban J connectivity index is 4.03. The van der Waals surface area contributed by atoms with E-state index in [9.17, 15) is 4.79 Å². The number of unbranched alkanes of at least 4 members (excludes halogenated alkanes) is 1. The molecule has 0 saturated heterocycles. The monoisotopic (exact) mass is 597 g/mol. The Kier molecular flexibility index (Phi) is 23.7. The maximum absolute atomic E-state index is 12.2. The van der Waals surface area contributed by atoms with Crippen molar-refractivity contribution in [2.75, 3.05) is 7.11 Å². The number of methoxy groups -OCH3 is 1. The SMILES string of the molecule is COC(C)(C)C(=O)CC/C(C)=C/CCC(C)CCC/C(C)=C/CCC/C(C)=C\CC[C@H](C)CC/C=C(/C)CCC=C(C)C. The summed E-state index contributed by atoms with van der Waals surface area (Å²) >= 11 is 0. The van der Waals surface area contributed by atoms with Crippen molar-refractivity contribution < 1.29 is 9.53 Å². The van der Waals surface area contributed by atoms with Gasteiger partial charge in [-0.05, 0) is 157 Å². The number of allylic oxidation sites excluding steroid dienone is 10. The Hall–Kier alpha value is -1.67. The number of carbonyl (C=O) groups is 1. The van der Waals surface area contributed by atoms with Gasteiger partial charge in [-0.25, -0.2) is 0 Å². The van der Waals surface area contributed by atoms with Gasteiger partial charge in [0.1, 0.15) is 5.60 Å². The topological polar surface area (TPSA) is 26.3 Å². The van der Waals surface area contributed by atoms with Crippen LogP contribution in [0.15, 0.2) is 58.2 Å². The molecule has 1 unspecified atom stereocenters. The van der Waals surface area contributed by atoms with Crippen molar-refractivity contribution in [1.82, 2.24) is 0 Å². The minimum absolute atomic E-state index is 0.183. The minimum Gasteiger partial charge on any atom is -0.371 e. The van der Waals surface area contributed by atoms with Gasteiger partial charge in [-0.1, -0.05) is 78.5 Å². The first kappa shape index (κ1) is 41.3. The fraction of sp³-hybridized carbons (Fsp3) is 0.732. The molecule has 0 saturated carbocycles. The summed E-state index contributed by atoms with van der Waals surface area (Å²) in [6.45, 7) is 21.9. The number of ether oxygens (including phenoxy) is 1. The minimum atomic E-state index is -0.668. The van der Waals surface area contributed by atoms with E-state index >= 15 is 0 Å². The molecule has 43 heavy (non-hydrogen) atoms. The number of Topliss-reactive ketones (excluding diaryl/α,β-unsaturated/α-hetero) is 1. The molecule has 0 amide bonds. The van der Waals surface area contributed by atoms with E-state index in [4.69, 9.17) is 4.74 Å². The summed E-state index contributed by atoms with van der Waals surface area (Å²) in [5, 5.41) is 0. The summed E-state index contributed by atoms with van der Waals surface area (Å²) in [6.07, 6.45) is 30.8. The van der Waals surface area contributed by atoms with Crippen LogP contribution in [0.1, 0.15) is 172 Å². The molecule has 0 aromatic heterocycles. The van der Waals surface area contributed by atoms with E-state index in [1.165, 1.54) is 94.6 Å². The third-order valence-corrected chi connectivity index (χ3v) is 9.01. The second-order valence-corrected chi connectivity index (χ2v) is 14.4. The molecule has 248 valence electrons. The first-order chi connectivity index (χ1) is 20.3. The molecule has 0 rings (SSSR count). The molecule has 0 spiro atoms. The highest BCUT2D eigenvalue weighted by Crippen LogP contribution is 2.21. The van der Waals surface area contributed by atoms with Crippen molar-refractivity contribution in [3.8, 4) is 0 Å². The summed E-state index contributed by atoms with van der Waals surface area (Å²) in [5.74, 6) is 1.73. The van der Waals surface area contributed by atoms with E-state index < -0.39 is 5.60 Å². The third-order valence-electron chi connectivity index (χ3n) is 9.01. The molecule has 0 aliphatic heterocycles. The molecule has 0 fully saturated rings. The van der Waals surface area contributed by atoms with Gasteiger partial charge in [0.25, 0.3) is 0 Å². The largest absolute Gasteiger partial charge is 0.371 e. The van der Waals surface area contributed by atoms with E-state index in [2.05, 4.69) is 85.8 Å². The molecule has 2 nitrogen and oxygen atoms in total. The summed E-state index contributed by atoms with van der Waals surface area (Å²) in [5.41, 5.74) is 6.75. The number of rotatable bonds is 25. The van der Waals surface area contributed by atoms with Crippen LogP contribution in [0.3, 0.4) is 0 Å². The van der Waals surface area contributed by atoms with Crippen LogP contribution in [-0.4, -0.2) is 18.5 Å². The van der Waals surface area contributed by atoms with Crippen molar-refractivity contribution in [2.45, 2.75) is 178 Å². The van der Waals surface area contributed by atoms with Crippen molar-refractivity contribution >= 4 is 5.78 Å². The summed E-state index contributed by atoms with van der Waals surface area (Å²) in [7, 11) is 1.61. The van der Waals surface area contributed by atoms with Crippen molar-refractivity contribution in [3.63, 3.8) is 0 Å². The van der Waals surface area contributed by atoms with Crippen LogP contribution in [0, 0.1) is 11.8 Å². The first-order valence-electron chi connectivity index (χ1n) is 17.6. The van der Waals surface area contributed by atoms with Gasteiger partial charge < -0.3 is 4.74 Å². The lowest BCUT2D eigenvalue weighted by atomic mass is 9.95. The standard InChI is InChI=1S/C41H72O2/c1-33(2)19-14-22-36(5)25-17-28-37(6)26-15-23-34(3)20-12-13-21-35(4)24-16-27-38(7)29-18-30-39(8)31-32-40(42)41(9,10)43-11/h19,21,23,25,30,37-38H,12-18,20,22,24,26-29,31-32H2,1-11H3/b34-23-,35-21+,36-25-,39-30+/t37-,38?/m0/s1. The van der Waals surface area contributed by atoms with Crippen LogP contribution in [0.4, 0.5) is 0 Å². The van der Waals surface area contributed by atoms with Crippen molar-refractivity contribution in [2.24, 2.45) is 11.8 Å².